The van der Waals surface area contributed by atoms with Crippen molar-refractivity contribution in [1.82, 2.24) is 12.3 Å². The zero-order chi connectivity index (χ0) is 7.44. The molecule has 0 aliphatic carbocycles. The van der Waals surface area contributed by atoms with Crippen LogP contribution in [0.5, 0.6) is 0 Å². The Hall–Kier alpha value is -0.340. The van der Waals surface area contributed by atoms with E-state index >= 15 is 0 Å². The van der Waals surface area contributed by atoms with Crippen LogP contribution in [-0.4, -0.2) is 31.5 Å². The highest BCUT2D eigenvalue weighted by Gasteiger charge is 2.10. The Morgan fingerprint density at radius 3 is 1.64 bits per heavy atom. The van der Waals surface area contributed by atoms with Gasteiger partial charge in [-0.05, 0) is 24.4 Å². The minimum atomic E-state index is -1.21. The molecule has 5 nitrogen and oxygen atoms in total. The lowest BCUT2D eigenvalue weighted by Crippen LogP contribution is -2.20. The van der Waals surface area contributed by atoms with Crippen LogP contribution in [-0.2, 0) is 0 Å². The summed E-state index contributed by atoms with van der Waals surface area (Å²) >= 11 is 8.39. The average molecular weight is 200 g/mol. The van der Waals surface area contributed by atoms with E-state index in [1.165, 1.54) is 0 Å². The van der Waals surface area contributed by atoms with Crippen molar-refractivity contribution in [2.45, 2.75) is 12.5 Å². The molecule has 1 unspecified atom stereocenters. The molecule has 0 aliphatic heterocycles. The van der Waals surface area contributed by atoms with Crippen LogP contribution in [0.25, 0.3) is 0 Å². The summed E-state index contributed by atoms with van der Waals surface area (Å²) in [5.41, 5.74) is 0. The maximum Gasteiger partial charge on any atom is 0.186 e. The summed E-state index contributed by atoms with van der Waals surface area (Å²) in [5.74, 6) is 0. The second-order valence-electron chi connectivity index (χ2n) is 1.45. The van der Waals surface area contributed by atoms with Gasteiger partial charge in [0.2, 0.25) is 0 Å². The van der Waals surface area contributed by atoms with Crippen LogP contribution in [0.1, 0.15) is 6.42 Å². The molecule has 68 valence electrons. The fraction of sp³-hybridized carbons (Fsp3) is 0.500. The van der Waals surface area contributed by atoms with Crippen molar-refractivity contribution in [1.29, 1.82) is 0 Å². The van der Waals surface area contributed by atoms with E-state index in [9.17, 15) is 0 Å². The van der Waals surface area contributed by atoms with E-state index in [-0.39, 0.29) is 23.8 Å². The third kappa shape index (κ3) is 9.66. The maximum atomic E-state index is 8.66. The summed E-state index contributed by atoms with van der Waals surface area (Å²) in [5, 5.41) is 24.5. The van der Waals surface area contributed by atoms with Gasteiger partial charge in [0.1, 0.15) is 6.10 Å². The molecular formula is C4H12N2O3S2. The predicted molar refractivity (Wildman–Crippen MR) is 51.1 cm³/mol. The summed E-state index contributed by atoms with van der Waals surface area (Å²) < 4.78 is 0. The van der Waals surface area contributed by atoms with E-state index in [0.29, 0.717) is 0 Å². The number of hydrogen-bond donors (Lipinski definition) is 5. The molecule has 0 aromatic rings. The lowest BCUT2D eigenvalue weighted by molar-refractivity contribution is 0.224. The fourth-order valence-electron chi connectivity index (χ4n) is 0.253. The number of aliphatic hydroxyl groups is 3. The zero-order valence-electron chi connectivity index (χ0n) is 5.86. The van der Waals surface area contributed by atoms with Crippen LogP contribution < -0.4 is 12.3 Å². The van der Waals surface area contributed by atoms with Gasteiger partial charge in [-0.15, -0.1) is 0 Å². The van der Waals surface area contributed by atoms with Crippen LogP contribution in [0.4, 0.5) is 0 Å². The van der Waals surface area contributed by atoms with Crippen LogP contribution in [0.3, 0.4) is 0 Å². The molecule has 0 fully saturated rings. The fourth-order valence-corrected chi connectivity index (χ4v) is 0.494. The number of hydrogen-bond acceptors (Lipinski definition) is 5. The average Bonchev–Trinajstić information content (AvgIpc) is 1.63. The predicted octanol–water partition coefficient (Wildman–Crippen LogP) is 0.832. The smallest absolute Gasteiger partial charge is 0.186 e. The highest BCUT2D eigenvalue weighted by Crippen LogP contribution is 1.93. The molecule has 0 spiro atoms. The quantitative estimate of drug-likeness (QED) is 0.426. The Bertz CT molecular complexity index is 141. The molecule has 0 amide bonds. The van der Waals surface area contributed by atoms with Crippen LogP contribution in [0.15, 0.2) is 0 Å². The van der Waals surface area contributed by atoms with Crippen molar-refractivity contribution in [3.63, 3.8) is 0 Å². The highest BCUT2D eigenvalue weighted by atomic mass is 32.1. The zero-order valence-corrected chi connectivity index (χ0v) is 7.49. The van der Waals surface area contributed by atoms with Gasteiger partial charge in [0.25, 0.3) is 0 Å². The Morgan fingerprint density at radius 2 is 1.55 bits per heavy atom. The van der Waals surface area contributed by atoms with Gasteiger partial charge in [-0.2, -0.15) is 0 Å². The molecule has 9 N–H and O–H groups in total. The normalized spacial score (nSPS) is 10.3. The van der Waals surface area contributed by atoms with Gasteiger partial charge < -0.3 is 27.6 Å². The van der Waals surface area contributed by atoms with E-state index in [4.69, 9.17) is 15.3 Å². The third-order valence-corrected chi connectivity index (χ3v) is 1.09. The van der Waals surface area contributed by atoms with Crippen molar-refractivity contribution in [2.24, 2.45) is 0 Å². The molecule has 0 heterocycles. The number of aliphatic hydroxyl groups excluding tert-OH is 3. The van der Waals surface area contributed by atoms with E-state index < -0.39 is 11.2 Å². The molecule has 11 heavy (non-hydrogen) atoms. The van der Waals surface area contributed by atoms with Gasteiger partial charge in [0.15, 0.2) is 10.1 Å². The molecule has 0 radical (unpaired) electrons. The van der Waals surface area contributed by atoms with E-state index in [1.54, 1.807) is 0 Å². The standard InChI is InChI=1S/C4H6O3S2.2H3N/c5-2(4(7)9)1-3(6)8;;/h2,5H,1H2,(H,6,8)(H,7,9);2*1H3. The minimum Gasteiger partial charge on any atom is -0.502 e. The molecule has 1 atom stereocenters. The largest absolute Gasteiger partial charge is 0.502 e. The van der Waals surface area contributed by atoms with Gasteiger partial charge in [-0.3, -0.25) is 0 Å². The monoisotopic (exact) mass is 200 g/mol. The molecule has 0 aromatic heterocycles. The van der Waals surface area contributed by atoms with E-state index in [0.717, 1.165) is 0 Å². The van der Waals surface area contributed by atoms with Gasteiger partial charge in [-0.1, -0.05) is 0 Å². The third-order valence-electron chi connectivity index (χ3n) is 0.653. The van der Waals surface area contributed by atoms with Crippen molar-refractivity contribution in [2.75, 3.05) is 0 Å². The maximum absolute atomic E-state index is 8.66. The molecule has 0 aliphatic rings. The molecule has 0 saturated carbocycles. The summed E-state index contributed by atoms with van der Waals surface area (Å²) in [4.78, 5) is 0. The molecule has 0 rings (SSSR count). The van der Waals surface area contributed by atoms with Crippen molar-refractivity contribution in [3.8, 4) is 0 Å². The van der Waals surface area contributed by atoms with Crippen LogP contribution in [0.2, 0.25) is 0 Å². The topological polar surface area (TPSA) is 131 Å². The van der Waals surface area contributed by atoms with Gasteiger partial charge >= 0.3 is 0 Å². The van der Waals surface area contributed by atoms with Gasteiger partial charge in [0, 0.05) is 6.42 Å². The van der Waals surface area contributed by atoms with Crippen molar-refractivity contribution < 1.29 is 15.3 Å². The summed E-state index contributed by atoms with van der Waals surface area (Å²) in [7, 11) is 0. The second kappa shape index (κ2) is 7.76. The summed E-state index contributed by atoms with van der Waals surface area (Å²) in [6.07, 6.45) is -1.39. The molecular weight excluding hydrogens is 188 g/mol. The minimum absolute atomic E-state index is 0. The Morgan fingerprint density at radius 1 is 1.18 bits per heavy atom. The van der Waals surface area contributed by atoms with Crippen molar-refractivity contribution >= 4 is 34.5 Å². The lowest BCUT2D eigenvalue weighted by Gasteiger charge is -2.02. The van der Waals surface area contributed by atoms with Crippen LogP contribution in [0, 0.1) is 0 Å². The molecule has 0 aromatic carbocycles. The first-order chi connectivity index (χ1) is 4.04. The first-order valence-electron chi connectivity index (χ1n) is 2.16. The van der Waals surface area contributed by atoms with Gasteiger partial charge in [0.05, 0.1) is 0 Å². The second-order valence-corrected chi connectivity index (χ2v) is 2.34. The highest BCUT2D eigenvalue weighted by molar-refractivity contribution is 7.80. The van der Waals surface area contributed by atoms with E-state index in [2.05, 4.69) is 24.4 Å². The number of rotatable bonds is 3. The Kier molecular flexibility index (Phi) is 12.0. The van der Waals surface area contributed by atoms with Crippen molar-refractivity contribution in [3.05, 3.63) is 0 Å². The summed E-state index contributed by atoms with van der Waals surface area (Å²) in [6.45, 7) is 0. The summed E-state index contributed by atoms with van der Waals surface area (Å²) in [6, 6.07) is 0. The number of thiocarbonyl (C=S) groups is 2. The first-order valence-corrected chi connectivity index (χ1v) is 2.98. The lowest BCUT2D eigenvalue weighted by atomic mass is 10.3. The first kappa shape index (κ1) is 17.0. The molecule has 0 saturated heterocycles. The van der Waals surface area contributed by atoms with Gasteiger partial charge in [-0.25, -0.2) is 0 Å². The van der Waals surface area contributed by atoms with Crippen LogP contribution >= 0.6 is 24.4 Å². The SMILES string of the molecule is N.N.OC(=S)CC(O)C(O)=S. The molecule has 0 bridgehead atoms. The van der Waals surface area contributed by atoms with E-state index in [1.807, 2.05) is 0 Å². The Labute approximate surface area is 75.2 Å². The molecule has 7 heteroatoms. The Balaban J connectivity index is -0.000000320.